The average molecular weight is 268 g/mol. The molecule has 0 atom stereocenters. The van der Waals surface area contributed by atoms with Gasteiger partial charge in [-0.3, -0.25) is 0 Å². The molecule has 1 saturated carbocycles. The summed E-state index contributed by atoms with van der Waals surface area (Å²) in [7, 11) is -2.57. The molecule has 0 spiro atoms. The number of rotatable bonds is 3. The van der Waals surface area contributed by atoms with E-state index in [2.05, 4.69) is 24.3 Å². The molecular formula is C17H20OSi. The molecule has 19 heavy (non-hydrogen) atoms. The Hall–Kier alpha value is -1.38. The molecule has 98 valence electrons. The largest absolute Gasteiger partial charge is 0.424 e. The van der Waals surface area contributed by atoms with Gasteiger partial charge in [-0.15, -0.1) is 0 Å². The SMILES string of the molecule is O[Si](c1ccccc1)(c1ccccc1)C1CCCC1. The Bertz CT molecular complexity index is 478. The highest BCUT2D eigenvalue weighted by molar-refractivity contribution is 6.97. The van der Waals surface area contributed by atoms with Crippen LogP contribution in [0.2, 0.25) is 5.54 Å². The van der Waals surface area contributed by atoms with Gasteiger partial charge in [0.25, 0.3) is 8.32 Å². The molecular weight excluding hydrogens is 248 g/mol. The first-order valence-electron chi connectivity index (χ1n) is 7.15. The van der Waals surface area contributed by atoms with Crippen molar-refractivity contribution in [3.05, 3.63) is 60.7 Å². The molecule has 0 heterocycles. The zero-order chi connectivity index (χ0) is 13.1. The second kappa shape index (κ2) is 5.31. The van der Waals surface area contributed by atoms with Crippen LogP contribution in [-0.2, 0) is 0 Å². The van der Waals surface area contributed by atoms with Crippen LogP contribution in [0.3, 0.4) is 0 Å². The summed E-state index contributed by atoms with van der Waals surface area (Å²) in [5.41, 5.74) is 0.470. The Morgan fingerprint density at radius 2 is 1.16 bits per heavy atom. The smallest absolute Gasteiger partial charge is 0.255 e. The summed E-state index contributed by atoms with van der Waals surface area (Å²) in [6, 6.07) is 20.7. The lowest BCUT2D eigenvalue weighted by Crippen LogP contribution is -2.61. The van der Waals surface area contributed by atoms with Gasteiger partial charge in [-0.25, -0.2) is 0 Å². The normalized spacial score (nSPS) is 16.7. The Kier molecular flexibility index (Phi) is 3.54. The highest BCUT2D eigenvalue weighted by Gasteiger charge is 2.44. The first-order valence-corrected chi connectivity index (χ1v) is 9.17. The lowest BCUT2D eigenvalue weighted by molar-refractivity contribution is 0.536. The van der Waals surface area contributed by atoms with E-state index in [1.165, 1.54) is 25.7 Å². The number of benzene rings is 2. The van der Waals surface area contributed by atoms with Gasteiger partial charge in [0, 0.05) is 0 Å². The predicted molar refractivity (Wildman–Crippen MR) is 82.3 cm³/mol. The van der Waals surface area contributed by atoms with Gasteiger partial charge < -0.3 is 4.80 Å². The van der Waals surface area contributed by atoms with Gasteiger partial charge in [-0.2, -0.15) is 0 Å². The maximum absolute atomic E-state index is 11.6. The molecule has 1 nitrogen and oxygen atoms in total. The van der Waals surface area contributed by atoms with Crippen LogP contribution in [-0.4, -0.2) is 13.1 Å². The molecule has 0 amide bonds. The lowest BCUT2D eigenvalue weighted by atomic mass is 10.3. The van der Waals surface area contributed by atoms with E-state index in [1.54, 1.807) is 0 Å². The quantitative estimate of drug-likeness (QED) is 0.849. The summed E-state index contributed by atoms with van der Waals surface area (Å²) in [4.78, 5) is 11.6. The van der Waals surface area contributed by atoms with Crippen LogP contribution in [0.5, 0.6) is 0 Å². The van der Waals surface area contributed by atoms with E-state index in [9.17, 15) is 4.80 Å². The van der Waals surface area contributed by atoms with Gasteiger partial charge >= 0.3 is 0 Å². The number of hydrogen-bond acceptors (Lipinski definition) is 1. The van der Waals surface area contributed by atoms with Crippen molar-refractivity contribution in [3.63, 3.8) is 0 Å². The van der Waals surface area contributed by atoms with Crippen LogP contribution in [0.15, 0.2) is 60.7 Å². The highest BCUT2D eigenvalue weighted by atomic mass is 28.4. The summed E-state index contributed by atoms with van der Waals surface area (Å²) in [6.45, 7) is 0. The van der Waals surface area contributed by atoms with Crippen molar-refractivity contribution >= 4 is 18.7 Å². The van der Waals surface area contributed by atoms with Crippen LogP contribution in [0, 0.1) is 0 Å². The Balaban J connectivity index is 2.10. The summed E-state index contributed by atoms with van der Waals surface area (Å²) >= 11 is 0. The van der Waals surface area contributed by atoms with E-state index in [1.807, 2.05) is 36.4 Å². The van der Waals surface area contributed by atoms with Crippen LogP contribution in [0.4, 0.5) is 0 Å². The van der Waals surface area contributed by atoms with Crippen molar-refractivity contribution in [2.24, 2.45) is 0 Å². The Morgan fingerprint density at radius 3 is 1.58 bits per heavy atom. The van der Waals surface area contributed by atoms with Gasteiger partial charge in [0.15, 0.2) is 0 Å². The van der Waals surface area contributed by atoms with E-state index in [0.717, 1.165) is 10.4 Å². The minimum atomic E-state index is -2.57. The second-order valence-electron chi connectivity index (χ2n) is 5.48. The van der Waals surface area contributed by atoms with E-state index < -0.39 is 8.32 Å². The first kappa shape index (κ1) is 12.6. The average Bonchev–Trinajstić information content (AvgIpc) is 3.03. The van der Waals surface area contributed by atoms with Gasteiger partial charge in [-0.1, -0.05) is 86.3 Å². The zero-order valence-electron chi connectivity index (χ0n) is 11.1. The predicted octanol–water partition coefficient (Wildman–Crippen LogP) is 2.68. The third-order valence-electron chi connectivity index (χ3n) is 4.37. The van der Waals surface area contributed by atoms with Crippen molar-refractivity contribution in [3.8, 4) is 0 Å². The van der Waals surface area contributed by atoms with Crippen molar-refractivity contribution in [1.29, 1.82) is 0 Å². The third-order valence-corrected chi connectivity index (χ3v) is 8.56. The standard InChI is InChI=1S/C17H20OSi/c18-19(17-13-7-8-14-17,15-9-3-1-4-10-15)16-11-5-2-6-12-16/h1-6,9-12,17-18H,7-8,13-14H2. The summed E-state index contributed by atoms with van der Waals surface area (Å²) < 4.78 is 0. The van der Waals surface area contributed by atoms with E-state index >= 15 is 0 Å². The molecule has 1 fully saturated rings. The lowest BCUT2D eigenvalue weighted by Gasteiger charge is -2.32. The molecule has 0 radical (unpaired) electrons. The second-order valence-corrected chi connectivity index (χ2v) is 8.98. The zero-order valence-corrected chi connectivity index (χ0v) is 12.1. The maximum atomic E-state index is 11.6. The molecule has 0 bridgehead atoms. The van der Waals surface area contributed by atoms with Gasteiger partial charge in [0.05, 0.1) is 0 Å². The molecule has 3 rings (SSSR count). The van der Waals surface area contributed by atoms with Gasteiger partial charge in [-0.05, 0) is 15.9 Å². The first-order chi connectivity index (χ1) is 9.32. The Morgan fingerprint density at radius 1 is 0.737 bits per heavy atom. The molecule has 1 aliphatic rings. The van der Waals surface area contributed by atoms with Gasteiger partial charge in [0.2, 0.25) is 0 Å². The Labute approximate surface area is 116 Å². The maximum Gasteiger partial charge on any atom is 0.255 e. The van der Waals surface area contributed by atoms with E-state index in [4.69, 9.17) is 0 Å². The number of hydrogen-bond donors (Lipinski definition) is 1. The van der Waals surface area contributed by atoms with Gasteiger partial charge in [0.1, 0.15) is 0 Å². The molecule has 2 aromatic rings. The molecule has 0 saturated heterocycles. The summed E-state index contributed by atoms with van der Waals surface area (Å²) in [5, 5.41) is 2.32. The van der Waals surface area contributed by atoms with E-state index in [0.29, 0.717) is 5.54 Å². The monoisotopic (exact) mass is 268 g/mol. The molecule has 1 N–H and O–H groups in total. The molecule has 0 aliphatic heterocycles. The van der Waals surface area contributed by atoms with E-state index in [-0.39, 0.29) is 0 Å². The summed E-state index contributed by atoms with van der Waals surface area (Å²) in [6.07, 6.45) is 4.87. The van der Waals surface area contributed by atoms with Crippen molar-refractivity contribution in [2.75, 3.05) is 0 Å². The van der Waals surface area contributed by atoms with Crippen LogP contribution in [0.1, 0.15) is 25.7 Å². The third kappa shape index (κ3) is 2.26. The summed E-state index contributed by atoms with van der Waals surface area (Å²) in [5.74, 6) is 0. The molecule has 2 aromatic carbocycles. The van der Waals surface area contributed by atoms with Crippen molar-refractivity contribution < 1.29 is 4.80 Å². The van der Waals surface area contributed by atoms with Crippen LogP contribution in [0.25, 0.3) is 0 Å². The molecule has 2 heteroatoms. The minimum Gasteiger partial charge on any atom is -0.424 e. The van der Waals surface area contributed by atoms with Crippen molar-refractivity contribution in [1.82, 2.24) is 0 Å². The van der Waals surface area contributed by atoms with Crippen LogP contribution < -0.4 is 10.4 Å². The fraction of sp³-hybridized carbons (Fsp3) is 0.294. The molecule has 1 aliphatic carbocycles. The van der Waals surface area contributed by atoms with Crippen LogP contribution >= 0.6 is 0 Å². The molecule has 0 aromatic heterocycles. The molecule has 0 unspecified atom stereocenters. The fourth-order valence-electron chi connectivity index (χ4n) is 3.37. The topological polar surface area (TPSA) is 20.2 Å². The van der Waals surface area contributed by atoms with Crippen molar-refractivity contribution in [2.45, 2.75) is 31.2 Å². The minimum absolute atomic E-state index is 0.470. The fourth-order valence-corrected chi connectivity index (χ4v) is 7.29. The highest BCUT2D eigenvalue weighted by Crippen LogP contribution is 2.36.